The summed E-state index contributed by atoms with van der Waals surface area (Å²) in [6.07, 6.45) is 1.60. The van der Waals surface area contributed by atoms with Crippen molar-refractivity contribution in [3.05, 3.63) is 45.9 Å². The van der Waals surface area contributed by atoms with Crippen molar-refractivity contribution in [2.24, 2.45) is 0 Å². The van der Waals surface area contributed by atoms with Gasteiger partial charge in [0.2, 0.25) is 10.0 Å². The van der Waals surface area contributed by atoms with Crippen molar-refractivity contribution in [3.63, 3.8) is 0 Å². The Balaban J connectivity index is 2.36. The highest BCUT2D eigenvalue weighted by atomic mass is 32.2. The lowest BCUT2D eigenvalue weighted by Crippen LogP contribution is -2.27. The predicted octanol–water partition coefficient (Wildman–Crippen LogP) is 2.19. The quantitative estimate of drug-likeness (QED) is 0.878. The van der Waals surface area contributed by atoms with E-state index in [-0.39, 0.29) is 16.0 Å². The zero-order valence-electron chi connectivity index (χ0n) is 11.4. The molecule has 1 aromatic carbocycles. The summed E-state index contributed by atoms with van der Waals surface area (Å²) in [6.45, 7) is 3.17. The molecule has 1 aromatic heterocycles. The number of aromatic nitrogens is 1. The number of nitrogens with one attached hydrogen (secondary N) is 1. The monoisotopic (exact) mass is 326 g/mol. The second kappa shape index (κ2) is 5.92. The normalized spacial score (nSPS) is 13.0. The van der Waals surface area contributed by atoms with Crippen molar-refractivity contribution in [2.45, 2.75) is 24.8 Å². The summed E-state index contributed by atoms with van der Waals surface area (Å²) in [6, 6.07) is 3.70. The first-order chi connectivity index (χ1) is 9.83. The van der Waals surface area contributed by atoms with Gasteiger partial charge in [0.1, 0.15) is 5.01 Å². The van der Waals surface area contributed by atoms with Crippen LogP contribution in [0, 0.1) is 6.92 Å². The Morgan fingerprint density at radius 2 is 2.14 bits per heavy atom. The topological polar surface area (TPSA) is 96.4 Å². The van der Waals surface area contributed by atoms with Crippen molar-refractivity contribution >= 4 is 27.3 Å². The molecule has 0 spiro atoms. The zero-order valence-corrected chi connectivity index (χ0v) is 13.0. The van der Waals surface area contributed by atoms with Crippen LogP contribution in [0.5, 0.6) is 0 Å². The van der Waals surface area contributed by atoms with Crippen LogP contribution in [0.4, 0.5) is 0 Å². The molecule has 0 fully saturated rings. The molecule has 0 aliphatic rings. The largest absolute Gasteiger partial charge is 0.478 e. The smallest absolute Gasteiger partial charge is 0.335 e. The molecule has 2 rings (SSSR count). The molecule has 8 heteroatoms. The average Bonchev–Trinajstić information content (AvgIpc) is 2.91. The van der Waals surface area contributed by atoms with E-state index in [0.717, 1.165) is 0 Å². The van der Waals surface area contributed by atoms with E-state index < -0.39 is 22.0 Å². The van der Waals surface area contributed by atoms with E-state index in [1.807, 2.05) is 0 Å². The third-order valence-electron chi connectivity index (χ3n) is 2.96. The lowest BCUT2D eigenvalue weighted by molar-refractivity contribution is 0.0696. The summed E-state index contributed by atoms with van der Waals surface area (Å²) < 4.78 is 27.3. The molecule has 0 bridgehead atoms. The van der Waals surface area contributed by atoms with Gasteiger partial charge >= 0.3 is 5.97 Å². The van der Waals surface area contributed by atoms with Crippen molar-refractivity contribution in [2.75, 3.05) is 0 Å². The maximum absolute atomic E-state index is 12.4. The second-order valence-electron chi connectivity index (χ2n) is 4.45. The van der Waals surface area contributed by atoms with E-state index >= 15 is 0 Å². The maximum atomic E-state index is 12.4. The second-order valence-corrected chi connectivity index (χ2v) is 7.06. The van der Waals surface area contributed by atoms with Crippen molar-refractivity contribution in [1.29, 1.82) is 0 Å². The molecule has 21 heavy (non-hydrogen) atoms. The summed E-state index contributed by atoms with van der Waals surface area (Å²) in [7, 11) is -3.82. The summed E-state index contributed by atoms with van der Waals surface area (Å²) in [4.78, 5) is 15.1. The maximum Gasteiger partial charge on any atom is 0.335 e. The Hall–Kier alpha value is -1.77. The lowest BCUT2D eigenvalue weighted by atomic mass is 10.1. The number of benzene rings is 1. The molecule has 2 N–H and O–H groups in total. The van der Waals surface area contributed by atoms with Crippen LogP contribution >= 0.6 is 11.3 Å². The molecular weight excluding hydrogens is 312 g/mol. The van der Waals surface area contributed by atoms with E-state index in [9.17, 15) is 13.2 Å². The van der Waals surface area contributed by atoms with Gasteiger partial charge < -0.3 is 5.11 Å². The van der Waals surface area contributed by atoms with Gasteiger partial charge in [-0.25, -0.2) is 22.9 Å². The number of aromatic carboxylic acids is 1. The molecule has 2 aromatic rings. The molecule has 6 nitrogen and oxygen atoms in total. The minimum Gasteiger partial charge on any atom is -0.478 e. The van der Waals surface area contributed by atoms with Crippen LogP contribution < -0.4 is 4.72 Å². The summed E-state index contributed by atoms with van der Waals surface area (Å²) in [5, 5.41) is 11.5. The molecule has 1 heterocycles. The first-order valence-electron chi connectivity index (χ1n) is 6.07. The summed E-state index contributed by atoms with van der Waals surface area (Å²) >= 11 is 1.35. The average molecular weight is 326 g/mol. The molecule has 1 unspecified atom stereocenters. The van der Waals surface area contributed by atoms with E-state index in [1.54, 1.807) is 18.5 Å². The fourth-order valence-electron chi connectivity index (χ4n) is 1.93. The van der Waals surface area contributed by atoms with E-state index in [4.69, 9.17) is 5.11 Å². The Morgan fingerprint density at radius 1 is 1.43 bits per heavy atom. The van der Waals surface area contributed by atoms with Crippen LogP contribution in [0.15, 0.2) is 34.7 Å². The van der Waals surface area contributed by atoms with Crippen molar-refractivity contribution in [3.8, 4) is 0 Å². The van der Waals surface area contributed by atoms with Crippen LogP contribution in [-0.4, -0.2) is 24.5 Å². The molecule has 112 valence electrons. The van der Waals surface area contributed by atoms with E-state index in [1.165, 1.54) is 36.5 Å². The van der Waals surface area contributed by atoms with Gasteiger partial charge in [0.05, 0.1) is 16.5 Å². The van der Waals surface area contributed by atoms with Gasteiger partial charge in [-0.15, -0.1) is 11.3 Å². The first-order valence-corrected chi connectivity index (χ1v) is 8.44. The Morgan fingerprint density at radius 3 is 2.71 bits per heavy atom. The number of hydrogen-bond donors (Lipinski definition) is 2. The molecule has 0 saturated heterocycles. The third-order valence-corrected chi connectivity index (χ3v) is 5.60. The lowest BCUT2D eigenvalue weighted by Gasteiger charge is -2.14. The highest BCUT2D eigenvalue weighted by Gasteiger charge is 2.23. The molecule has 0 saturated carbocycles. The van der Waals surface area contributed by atoms with Crippen LogP contribution in [-0.2, 0) is 10.0 Å². The fourth-order valence-corrected chi connectivity index (χ4v) is 4.13. The Bertz CT molecular complexity index is 754. The fraction of sp³-hybridized carbons (Fsp3) is 0.231. The predicted molar refractivity (Wildman–Crippen MR) is 79.0 cm³/mol. The number of sulfonamides is 1. The van der Waals surface area contributed by atoms with Crippen molar-refractivity contribution in [1.82, 2.24) is 9.71 Å². The SMILES string of the molecule is Cc1c(C(=O)O)cccc1S(=O)(=O)NC(C)c1nccs1. The molecule has 0 aliphatic heterocycles. The third kappa shape index (κ3) is 3.29. The molecule has 0 amide bonds. The van der Waals surface area contributed by atoms with Gasteiger partial charge in [-0.1, -0.05) is 6.07 Å². The van der Waals surface area contributed by atoms with Crippen LogP contribution in [0.2, 0.25) is 0 Å². The number of carboxylic acid groups (broad SMARTS) is 1. The zero-order chi connectivity index (χ0) is 15.6. The van der Waals surface area contributed by atoms with Crippen LogP contribution in [0.3, 0.4) is 0 Å². The van der Waals surface area contributed by atoms with E-state index in [2.05, 4.69) is 9.71 Å². The van der Waals surface area contributed by atoms with Gasteiger partial charge in [0.15, 0.2) is 0 Å². The first kappa shape index (κ1) is 15.6. The van der Waals surface area contributed by atoms with Gasteiger partial charge in [-0.05, 0) is 31.5 Å². The molecule has 0 radical (unpaired) electrons. The summed E-state index contributed by atoms with van der Waals surface area (Å²) in [5.74, 6) is -1.16. The summed E-state index contributed by atoms with van der Waals surface area (Å²) in [5.41, 5.74) is 0.184. The number of carbonyl (C=O) groups is 1. The van der Waals surface area contributed by atoms with Crippen LogP contribution in [0.1, 0.15) is 33.9 Å². The Kier molecular flexibility index (Phi) is 4.40. The minimum atomic E-state index is -3.82. The Labute approximate surface area is 126 Å². The highest BCUT2D eigenvalue weighted by molar-refractivity contribution is 7.89. The molecule has 1 atom stereocenters. The highest BCUT2D eigenvalue weighted by Crippen LogP contribution is 2.22. The van der Waals surface area contributed by atoms with Gasteiger partial charge in [0.25, 0.3) is 0 Å². The number of thiazole rings is 1. The van der Waals surface area contributed by atoms with Gasteiger partial charge in [0, 0.05) is 11.6 Å². The minimum absolute atomic E-state index is 0.0280. The number of nitrogens with zero attached hydrogens (tertiary/aromatic N) is 1. The van der Waals surface area contributed by atoms with Crippen LogP contribution in [0.25, 0.3) is 0 Å². The van der Waals surface area contributed by atoms with Gasteiger partial charge in [-0.2, -0.15) is 0 Å². The van der Waals surface area contributed by atoms with E-state index in [0.29, 0.717) is 5.01 Å². The number of rotatable bonds is 5. The van der Waals surface area contributed by atoms with Crippen molar-refractivity contribution < 1.29 is 18.3 Å². The number of carboxylic acids is 1. The number of hydrogen-bond acceptors (Lipinski definition) is 5. The standard InChI is InChI=1S/C13H14N2O4S2/c1-8-10(13(16)17)4-3-5-11(8)21(18,19)15-9(2)12-14-6-7-20-12/h3-7,9,15H,1-2H3,(H,16,17). The molecular formula is C13H14N2O4S2. The van der Waals surface area contributed by atoms with Gasteiger partial charge in [-0.3, -0.25) is 0 Å². The molecule has 0 aliphatic carbocycles.